The monoisotopic (exact) mass is 274 g/mol. The van der Waals surface area contributed by atoms with Crippen LogP contribution in [0, 0.1) is 0 Å². The standard InChI is InChI=1S/C10H14N2O3S2/c1-2-3-12-6-8-4-7-5-9(17(11,13)14)15-10(7)16-8/h4-5,12H,2-3,6H2,1H3,(H2,11,13,14). The van der Waals surface area contributed by atoms with Gasteiger partial charge in [-0.1, -0.05) is 6.92 Å². The molecule has 17 heavy (non-hydrogen) atoms. The SMILES string of the molecule is CCCNCc1cc2cc(S(N)(=O)=O)oc2s1. The summed E-state index contributed by atoms with van der Waals surface area (Å²) in [7, 11) is -3.74. The maximum Gasteiger partial charge on any atom is 0.271 e. The predicted molar refractivity (Wildman–Crippen MR) is 67.5 cm³/mol. The van der Waals surface area contributed by atoms with Crippen LogP contribution < -0.4 is 10.5 Å². The summed E-state index contributed by atoms with van der Waals surface area (Å²) in [5.41, 5.74) is 0. The van der Waals surface area contributed by atoms with E-state index < -0.39 is 10.0 Å². The molecule has 0 atom stereocenters. The minimum absolute atomic E-state index is 0.174. The average molecular weight is 274 g/mol. The van der Waals surface area contributed by atoms with E-state index in [0.717, 1.165) is 29.8 Å². The van der Waals surface area contributed by atoms with E-state index in [1.165, 1.54) is 17.4 Å². The first-order chi connectivity index (χ1) is 8.00. The summed E-state index contributed by atoms with van der Waals surface area (Å²) < 4.78 is 27.3. The Kier molecular flexibility index (Phi) is 3.53. The van der Waals surface area contributed by atoms with E-state index in [1.807, 2.05) is 6.07 Å². The second-order valence-corrected chi connectivity index (χ2v) is 6.33. The van der Waals surface area contributed by atoms with Crippen molar-refractivity contribution in [1.29, 1.82) is 0 Å². The van der Waals surface area contributed by atoms with Crippen molar-refractivity contribution in [2.75, 3.05) is 6.54 Å². The zero-order valence-corrected chi connectivity index (χ0v) is 11.0. The third kappa shape index (κ3) is 2.86. The molecular weight excluding hydrogens is 260 g/mol. The number of fused-ring (bicyclic) bond motifs is 1. The highest BCUT2D eigenvalue weighted by atomic mass is 32.2. The molecule has 0 aliphatic heterocycles. The molecule has 0 saturated heterocycles. The molecule has 0 bridgehead atoms. The minimum Gasteiger partial charge on any atom is -0.433 e. The molecule has 2 aromatic heterocycles. The van der Waals surface area contributed by atoms with Crippen LogP contribution in [0.4, 0.5) is 0 Å². The van der Waals surface area contributed by atoms with Crippen LogP contribution in [0.1, 0.15) is 18.2 Å². The second-order valence-electron chi connectivity index (χ2n) is 3.74. The van der Waals surface area contributed by atoms with Crippen molar-refractivity contribution in [2.45, 2.75) is 25.0 Å². The molecular formula is C10H14N2O3S2. The van der Waals surface area contributed by atoms with Gasteiger partial charge in [-0.05, 0) is 19.0 Å². The van der Waals surface area contributed by atoms with Crippen LogP contribution in [0.15, 0.2) is 21.6 Å². The van der Waals surface area contributed by atoms with Crippen LogP contribution in [0.2, 0.25) is 0 Å². The maximum atomic E-state index is 11.1. The van der Waals surface area contributed by atoms with Gasteiger partial charge in [0.15, 0.2) is 4.90 Å². The van der Waals surface area contributed by atoms with E-state index in [9.17, 15) is 8.42 Å². The largest absolute Gasteiger partial charge is 0.433 e. The summed E-state index contributed by atoms with van der Waals surface area (Å²) in [6, 6.07) is 3.38. The Hall–Kier alpha value is -0.890. The van der Waals surface area contributed by atoms with Gasteiger partial charge in [0.2, 0.25) is 5.09 Å². The first-order valence-electron chi connectivity index (χ1n) is 5.26. The van der Waals surface area contributed by atoms with Crippen molar-refractivity contribution in [2.24, 2.45) is 5.14 Å². The molecule has 3 N–H and O–H groups in total. The number of hydrogen-bond acceptors (Lipinski definition) is 5. The molecule has 0 saturated carbocycles. The summed E-state index contributed by atoms with van der Waals surface area (Å²) in [6.07, 6.45) is 1.08. The molecule has 0 amide bonds. The van der Waals surface area contributed by atoms with Gasteiger partial charge in [-0.3, -0.25) is 0 Å². The summed E-state index contributed by atoms with van der Waals surface area (Å²) in [6.45, 7) is 3.83. The lowest BCUT2D eigenvalue weighted by Gasteiger charge is -1.98. The highest BCUT2D eigenvalue weighted by Gasteiger charge is 2.16. The van der Waals surface area contributed by atoms with Gasteiger partial charge in [0.1, 0.15) is 0 Å². The van der Waals surface area contributed by atoms with E-state index in [1.54, 1.807) is 0 Å². The Bertz CT molecular complexity index is 581. The topological polar surface area (TPSA) is 85.3 Å². The summed E-state index contributed by atoms with van der Waals surface area (Å²) >= 11 is 1.44. The van der Waals surface area contributed by atoms with E-state index in [4.69, 9.17) is 9.56 Å². The molecule has 0 radical (unpaired) electrons. The van der Waals surface area contributed by atoms with Gasteiger partial charge in [0.25, 0.3) is 10.0 Å². The Morgan fingerprint density at radius 1 is 1.47 bits per heavy atom. The Balaban J connectivity index is 2.20. The van der Waals surface area contributed by atoms with Gasteiger partial charge < -0.3 is 9.73 Å². The molecule has 0 fully saturated rings. The second kappa shape index (κ2) is 4.77. The zero-order chi connectivity index (χ0) is 12.5. The highest BCUT2D eigenvalue weighted by Crippen LogP contribution is 2.30. The number of nitrogens with one attached hydrogen (secondary N) is 1. The fourth-order valence-electron chi connectivity index (χ4n) is 1.48. The predicted octanol–water partition coefficient (Wildman–Crippen LogP) is 1.64. The molecule has 0 unspecified atom stereocenters. The first-order valence-corrected chi connectivity index (χ1v) is 7.62. The van der Waals surface area contributed by atoms with Gasteiger partial charge in [-0.2, -0.15) is 0 Å². The van der Waals surface area contributed by atoms with Crippen LogP contribution in [0.3, 0.4) is 0 Å². The van der Waals surface area contributed by atoms with E-state index in [0.29, 0.717) is 4.90 Å². The number of thiophene rings is 1. The van der Waals surface area contributed by atoms with E-state index in [2.05, 4.69) is 12.2 Å². The van der Waals surface area contributed by atoms with Crippen molar-refractivity contribution in [3.63, 3.8) is 0 Å². The first kappa shape index (κ1) is 12.6. The number of hydrogen-bond donors (Lipinski definition) is 2. The van der Waals surface area contributed by atoms with Crippen molar-refractivity contribution in [3.8, 4) is 0 Å². The molecule has 0 spiro atoms. The smallest absolute Gasteiger partial charge is 0.271 e. The van der Waals surface area contributed by atoms with Crippen molar-refractivity contribution in [1.82, 2.24) is 5.32 Å². The molecule has 2 rings (SSSR count). The van der Waals surface area contributed by atoms with Crippen LogP contribution in [-0.4, -0.2) is 15.0 Å². The fourth-order valence-corrected chi connectivity index (χ4v) is 2.99. The summed E-state index contributed by atoms with van der Waals surface area (Å²) in [5, 5.41) is 8.87. The van der Waals surface area contributed by atoms with Gasteiger partial charge in [-0.15, -0.1) is 11.3 Å². The maximum absolute atomic E-state index is 11.1. The highest BCUT2D eigenvalue weighted by molar-refractivity contribution is 7.89. The summed E-state index contributed by atoms with van der Waals surface area (Å²) in [4.78, 5) is 1.72. The average Bonchev–Trinajstić information content (AvgIpc) is 2.74. The molecule has 5 nitrogen and oxygen atoms in total. The number of nitrogens with two attached hydrogens (primary N) is 1. The van der Waals surface area contributed by atoms with Gasteiger partial charge in [0, 0.05) is 22.9 Å². The van der Waals surface area contributed by atoms with E-state index in [-0.39, 0.29) is 5.09 Å². The number of sulfonamides is 1. The number of furan rings is 1. The van der Waals surface area contributed by atoms with Crippen LogP contribution >= 0.6 is 11.3 Å². The number of rotatable bonds is 5. The minimum atomic E-state index is -3.74. The lowest BCUT2D eigenvalue weighted by molar-refractivity contribution is 0.486. The quantitative estimate of drug-likeness (QED) is 0.812. The van der Waals surface area contributed by atoms with Crippen LogP contribution in [0.5, 0.6) is 0 Å². The number of primary sulfonamides is 1. The Morgan fingerprint density at radius 3 is 2.82 bits per heavy atom. The Labute approximate surface area is 104 Å². The van der Waals surface area contributed by atoms with Crippen molar-refractivity contribution >= 4 is 31.6 Å². The zero-order valence-electron chi connectivity index (χ0n) is 9.39. The van der Waals surface area contributed by atoms with Crippen molar-refractivity contribution < 1.29 is 12.8 Å². The van der Waals surface area contributed by atoms with Crippen molar-refractivity contribution in [3.05, 3.63) is 17.0 Å². The molecule has 0 aliphatic carbocycles. The third-order valence-corrected chi connectivity index (χ3v) is 4.04. The Morgan fingerprint density at radius 2 is 2.24 bits per heavy atom. The molecule has 7 heteroatoms. The van der Waals surface area contributed by atoms with Crippen LogP contribution in [-0.2, 0) is 16.6 Å². The molecule has 94 valence electrons. The molecule has 0 aliphatic rings. The lowest BCUT2D eigenvalue weighted by atomic mass is 10.3. The fraction of sp³-hybridized carbons (Fsp3) is 0.400. The van der Waals surface area contributed by atoms with E-state index >= 15 is 0 Å². The van der Waals surface area contributed by atoms with Gasteiger partial charge >= 0.3 is 0 Å². The molecule has 2 aromatic rings. The van der Waals surface area contributed by atoms with Crippen LogP contribution in [0.25, 0.3) is 10.3 Å². The molecule has 2 heterocycles. The lowest BCUT2D eigenvalue weighted by Crippen LogP contribution is -2.12. The molecule has 0 aromatic carbocycles. The van der Waals surface area contributed by atoms with Gasteiger partial charge in [0.05, 0.1) is 0 Å². The normalized spacial score (nSPS) is 12.4. The van der Waals surface area contributed by atoms with Gasteiger partial charge in [-0.25, -0.2) is 13.6 Å². The third-order valence-electron chi connectivity index (χ3n) is 2.25. The summed E-state index contributed by atoms with van der Waals surface area (Å²) in [5.74, 6) is 0.